The second-order valence-corrected chi connectivity index (χ2v) is 5.87. The van der Waals surface area contributed by atoms with E-state index in [9.17, 15) is 8.42 Å². The normalized spacial score (nSPS) is 11.9. The first-order valence-electron chi connectivity index (χ1n) is 5.45. The van der Waals surface area contributed by atoms with Crippen LogP contribution in [0.5, 0.6) is 0 Å². The number of hydrogen-bond donors (Lipinski definition) is 2. The Morgan fingerprint density at radius 2 is 2.11 bits per heavy atom. The van der Waals surface area contributed by atoms with Gasteiger partial charge in [-0.15, -0.1) is 5.10 Å². The van der Waals surface area contributed by atoms with Gasteiger partial charge < -0.3 is 5.32 Å². The first-order valence-corrected chi connectivity index (χ1v) is 7.35. The number of rotatable bonds is 5. The van der Waals surface area contributed by atoms with Gasteiger partial charge in [0.2, 0.25) is 16.0 Å². The number of pyridine rings is 1. The molecule has 2 N–H and O–H groups in total. The fraction of sp³-hybridized carbons (Fsp3) is 0.400. The number of aromatic nitrogens is 3. The Bertz CT molecular complexity index is 649. The van der Waals surface area contributed by atoms with Crippen molar-refractivity contribution in [1.29, 1.82) is 0 Å². The Kier molecular flexibility index (Phi) is 3.48. The quantitative estimate of drug-likeness (QED) is 0.746. The van der Waals surface area contributed by atoms with Crippen molar-refractivity contribution in [2.45, 2.75) is 6.92 Å². The van der Waals surface area contributed by atoms with Crippen LogP contribution in [0, 0.1) is 6.92 Å². The van der Waals surface area contributed by atoms with Crippen LogP contribution >= 0.6 is 0 Å². The average molecular weight is 269 g/mol. The first kappa shape index (κ1) is 12.8. The lowest BCUT2D eigenvalue weighted by Gasteiger charge is -2.01. The Labute approximate surface area is 105 Å². The zero-order chi connectivity index (χ0) is 13.2. The van der Waals surface area contributed by atoms with Gasteiger partial charge in [-0.3, -0.25) is 0 Å². The number of sulfonamides is 1. The van der Waals surface area contributed by atoms with Gasteiger partial charge in [-0.1, -0.05) is 6.07 Å². The summed E-state index contributed by atoms with van der Waals surface area (Å²) >= 11 is 0. The number of aryl methyl sites for hydroxylation is 1. The molecule has 0 fully saturated rings. The van der Waals surface area contributed by atoms with Crippen LogP contribution in [0.4, 0.5) is 5.95 Å². The van der Waals surface area contributed by atoms with Crippen molar-refractivity contribution in [3.05, 3.63) is 23.9 Å². The topological polar surface area (TPSA) is 88.4 Å². The molecule has 0 aromatic carbocycles. The Hall–Kier alpha value is -1.67. The van der Waals surface area contributed by atoms with Gasteiger partial charge >= 0.3 is 0 Å². The second kappa shape index (κ2) is 4.91. The number of anilines is 1. The van der Waals surface area contributed by atoms with E-state index in [0.717, 1.165) is 17.5 Å². The molecule has 0 bridgehead atoms. The minimum absolute atomic E-state index is 0.299. The standard InChI is InChI=1S/C10H15N5O2S/c1-8-3-4-9-13-10(14-15(9)7-8)11-5-6-12-18(2,16)17/h3-4,7,12H,5-6H2,1-2H3,(H,11,14). The van der Waals surface area contributed by atoms with E-state index in [1.807, 2.05) is 25.3 Å². The van der Waals surface area contributed by atoms with Gasteiger partial charge in [-0.05, 0) is 18.6 Å². The summed E-state index contributed by atoms with van der Waals surface area (Å²) in [5.74, 6) is 0.482. The van der Waals surface area contributed by atoms with Crippen molar-refractivity contribution < 1.29 is 8.42 Å². The number of hydrogen-bond acceptors (Lipinski definition) is 5. The maximum absolute atomic E-state index is 10.8. The van der Waals surface area contributed by atoms with Crippen molar-refractivity contribution in [1.82, 2.24) is 19.3 Å². The molecule has 2 heterocycles. The predicted molar refractivity (Wildman–Crippen MR) is 69.1 cm³/mol. The van der Waals surface area contributed by atoms with Gasteiger partial charge in [0, 0.05) is 19.3 Å². The van der Waals surface area contributed by atoms with Gasteiger partial charge in [0.15, 0.2) is 5.65 Å². The summed E-state index contributed by atoms with van der Waals surface area (Å²) in [7, 11) is -3.14. The van der Waals surface area contributed by atoms with Gasteiger partial charge in [0.1, 0.15) is 0 Å². The summed E-state index contributed by atoms with van der Waals surface area (Å²) in [5.41, 5.74) is 1.84. The van der Waals surface area contributed by atoms with Crippen molar-refractivity contribution in [2.75, 3.05) is 24.7 Å². The predicted octanol–water partition coefficient (Wildman–Crippen LogP) is -0.00118. The maximum Gasteiger partial charge on any atom is 0.243 e. The molecule has 0 amide bonds. The zero-order valence-electron chi connectivity index (χ0n) is 10.2. The fourth-order valence-electron chi connectivity index (χ4n) is 1.47. The molecule has 0 aliphatic heterocycles. The molecule has 0 unspecified atom stereocenters. The van der Waals surface area contributed by atoms with Crippen molar-refractivity contribution >= 4 is 21.6 Å². The van der Waals surface area contributed by atoms with Crippen LogP contribution in [0.2, 0.25) is 0 Å². The van der Waals surface area contributed by atoms with E-state index in [2.05, 4.69) is 20.1 Å². The van der Waals surface area contributed by atoms with Crippen LogP contribution in [-0.2, 0) is 10.0 Å². The van der Waals surface area contributed by atoms with Gasteiger partial charge in [-0.25, -0.2) is 17.7 Å². The third-order valence-electron chi connectivity index (χ3n) is 2.25. The molecule has 0 aliphatic rings. The monoisotopic (exact) mass is 269 g/mol. The molecular weight excluding hydrogens is 254 g/mol. The molecule has 0 saturated heterocycles. The minimum Gasteiger partial charge on any atom is -0.352 e. The van der Waals surface area contributed by atoms with E-state index < -0.39 is 10.0 Å². The molecule has 8 heteroatoms. The highest BCUT2D eigenvalue weighted by Crippen LogP contribution is 2.06. The lowest BCUT2D eigenvalue weighted by atomic mass is 10.3. The smallest absolute Gasteiger partial charge is 0.243 e. The summed E-state index contributed by atoms with van der Waals surface area (Å²) in [6.07, 6.45) is 3.00. The molecule has 0 spiro atoms. The lowest BCUT2D eigenvalue weighted by Crippen LogP contribution is -2.27. The maximum atomic E-state index is 10.8. The largest absolute Gasteiger partial charge is 0.352 e. The van der Waals surface area contributed by atoms with Crippen LogP contribution in [0.15, 0.2) is 18.3 Å². The van der Waals surface area contributed by atoms with E-state index in [-0.39, 0.29) is 0 Å². The molecule has 7 nitrogen and oxygen atoms in total. The Balaban J connectivity index is 1.96. The molecule has 0 radical (unpaired) electrons. The number of nitrogens with zero attached hydrogens (tertiary/aromatic N) is 3. The average Bonchev–Trinajstić information content (AvgIpc) is 2.65. The van der Waals surface area contributed by atoms with E-state index in [0.29, 0.717) is 19.0 Å². The summed E-state index contributed by atoms with van der Waals surface area (Å²) in [6, 6.07) is 3.83. The van der Waals surface area contributed by atoms with Crippen LogP contribution in [0.25, 0.3) is 5.65 Å². The van der Waals surface area contributed by atoms with E-state index in [4.69, 9.17) is 0 Å². The summed E-state index contributed by atoms with van der Waals surface area (Å²) in [4.78, 5) is 4.25. The molecule has 98 valence electrons. The van der Waals surface area contributed by atoms with Crippen LogP contribution in [0.1, 0.15) is 5.56 Å². The molecule has 18 heavy (non-hydrogen) atoms. The molecule has 2 aromatic rings. The van der Waals surface area contributed by atoms with Gasteiger partial charge in [-0.2, -0.15) is 4.98 Å². The highest BCUT2D eigenvalue weighted by molar-refractivity contribution is 7.88. The minimum atomic E-state index is -3.14. The second-order valence-electron chi connectivity index (χ2n) is 4.04. The first-order chi connectivity index (χ1) is 8.44. The molecule has 0 saturated carbocycles. The Morgan fingerprint density at radius 3 is 2.83 bits per heavy atom. The molecule has 0 atom stereocenters. The molecule has 2 aromatic heterocycles. The zero-order valence-corrected chi connectivity index (χ0v) is 11.0. The van der Waals surface area contributed by atoms with Gasteiger partial charge in [0.25, 0.3) is 0 Å². The molecular formula is C10H15N5O2S. The SMILES string of the molecule is Cc1ccc2nc(NCCNS(C)(=O)=O)nn2c1. The summed E-state index contributed by atoms with van der Waals surface area (Å²) < 4.78 is 25.8. The summed E-state index contributed by atoms with van der Waals surface area (Å²) in [6.45, 7) is 2.71. The van der Waals surface area contributed by atoms with Crippen molar-refractivity contribution in [3.63, 3.8) is 0 Å². The fourth-order valence-corrected chi connectivity index (χ4v) is 1.94. The van der Waals surface area contributed by atoms with Crippen LogP contribution in [0.3, 0.4) is 0 Å². The van der Waals surface area contributed by atoms with E-state index >= 15 is 0 Å². The third kappa shape index (κ3) is 3.41. The number of nitrogens with one attached hydrogen (secondary N) is 2. The lowest BCUT2D eigenvalue weighted by molar-refractivity contribution is 0.589. The molecule has 2 rings (SSSR count). The summed E-state index contributed by atoms with van der Waals surface area (Å²) in [5, 5.41) is 7.18. The van der Waals surface area contributed by atoms with Crippen LogP contribution < -0.4 is 10.0 Å². The van der Waals surface area contributed by atoms with E-state index in [1.54, 1.807) is 4.52 Å². The Morgan fingerprint density at radius 1 is 1.33 bits per heavy atom. The highest BCUT2D eigenvalue weighted by atomic mass is 32.2. The van der Waals surface area contributed by atoms with Crippen molar-refractivity contribution in [3.8, 4) is 0 Å². The van der Waals surface area contributed by atoms with E-state index in [1.165, 1.54) is 0 Å². The van der Waals surface area contributed by atoms with Crippen LogP contribution in [-0.4, -0.2) is 42.4 Å². The molecule has 0 aliphatic carbocycles. The third-order valence-corrected chi connectivity index (χ3v) is 2.98. The number of fused-ring (bicyclic) bond motifs is 1. The van der Waals surface area contributed by atoms with Crippen molar-refractivity contribution in [2.24, 2.45) is 0 Å². The van der Waals surface area contributed by atoms with Gasteiger partial charge in [0.05, 0.1) is 6.26 Å². The highest BCUT2D eigenvalue weighted by Gasteiger charge is 2.03.